The first-order chi connectivity index (χ1) is 9.49. The summed E-state index contributed by atoms with van der Waals surface area (Å²) in [6.07, 6.45) is 3.19. The predicted molar refractivity (Wildman–Crippen MR) is 72.2 cm³/mol. The molecule has 0 radical (unpaired) electrons. The molecule has 1 heterocycles. The third kappa shape index (κ3) is 2.90. The quantitative estimate of drug-likeness (QED) is 0.897. The average molecular weight is 275 g/mol. The molecule has 0 aliphatic carbocycles. The van der Waals surface area contributed by atoms with E-state index in [4.69, 9.17) is 5.11 Å². The summed E-state index contributed by atoms with van der Waals surface area (Å²) in [5, 5.41) is 12.0. The normalized spacial score (nSPS) is 11.9. The molecule has 5 nitrogen and oxygen atoms in total. The minimum Gasteiger partial charge on any atom is -0.478 e. The number of aromatic carboxylic acids is 1. The Kier molecular flexibility index (Phi) is 3.93. The molecule has 1 aromatic heterocycles. The molecule has 2 aromatic rings. The minimum absolute atomic E-state index is 0.171. The van der Waals surface area contributed by atoms with Crippen molar-refractivity contribution in [3.63, 3.8) is 0 Å². The van der Waals surface area contributed by atoms with Gasteiger partial charge in [-0.1, -0.05) is 0 Å². The third-order valence-corrected chi connectivity index (χ3v) is 2.91. The number of benzene rings is 1. The molecular weight excluding hydrogens is 261 g/mol. The number of rotatable bonds is 4. The lowest BCUT2D eigenvalue weighted by atomic mass is 10.1. The minimum atomic E-state index is -1.30. The van der Waals surface area contributed by atoms with Crippen LogP contribution in [0.5, 0.6) is 0 Å². The molecule has 6 heteroatoms. The van der Waals surface area contributed by atoms with Crippen LogP contribution < -0.4 is 5.32 Å². The maximum atomic E-state index is 13.3. The summed E-state index contributed by atoms with van der Waals surface area (Å²) < 4.78 is 13.3. The van der Waals surface area contributed by atoms with Crippen LogP contribution in [-0.2, 0) is 0 Å². The number of nitrogens with zero attached hydrogens (tertiary/aromatic N) is 2. The van der Waals surface area contributed by atoms with Crippen molar-refractivity contribution >= 4 is 11.7 Å². The first-order valence-corrected chi connectivity index (χ1v) is 6.06. The molecule has 2 rings (SSSR count). The van der Waals surface area contributed by atoms with Crippen LogP contribution in [0.15, 0.2) is 30.6 Å². The lowest BCUT2D eigenvalue weighted by Crippen LogP contribution is -2.12. The Morgan fingerprint density at radius 1 is 1.35 bits per heavy atom. The highest BCUT2D eigenvalue weighted by atomic mass is 19.1. The molecule has 104 valence electrons. The lowest BCUT2D eigenvalue weighted by Gasteiger charge is -2.16. The molecule has 0 bridgehead atoms. The predicted octanol–water partition coefficient (Wildman–Crippen LogP) is 2.80. The van der Waals surface area contributed by atoms with Gasteiger partial charge in [0.1, 0.15) is 5.82 Å². The van der Waals surface area contributed by atoms with Crippen molar-refractivity contribution in [2.24, 2.45) is 0 Å². The number of aromatic nitrogens is 2. The Bertz CT molecular complexity index is 646. The summed E-state index contributed by atoms with van der Waals surface area (Å²) in [5.41, 5.74) is 1.70. The van der Waals surface area contributed by atoms with Crippen LogP contribution in [0.1, 0.15) is 34.7 Å². The molecule has 0 amide bonds. The molecule has 0 fully saturated rings. The second-order valence-electron chi connectivity index (χ2n) is 4.39. The van der Waals surface area contributed by atoms with Crippen LogP contribution in [0.3, 0.4) is 0 Å². The summed E-state index contributed by atoms with van der Waals surface area (Å²) >= 11 is 0. The summed E-state index contributed by atoms with van der Waals surface area (Å²) in [5.74, 6) is -2.05. The SMILES string of the molecule is Cc1nccnc1C(C)Nc1ccc(F)c(C(=O)O)c1. The number of carboxylic acid groups (broad SMARTS) is 1. The van der Waals surface area contributed by atoms with E-state index in [1.54, 1.807) is 12.4 Å². The van der Waals surface area contributed by atoms with E-state index in [9.17, 15) is 9.18 Å². The molecule has 1 aromatic carbocycles. The van der Waals surface area contributed by atoms with Crippen LogP contribution in [0.25, 0.3) is 0 Å². The number of carbonyl (C=O) groups is 1. The number of aryl methyl sites for hydroxylation is 1. The monoisotopic (exact) mass is 275 g/mol. The Morgan fingerprint density at radius 3 is 2.70 bits per heavy atom. The maximum Gasteiger partial charge on any atom is 0.338 e. The fraction of sp³-hybridized carbons (Fsp3) is 0.214. The van der Waals surface area contributed by atoms with Gasteiger partial charge in [-0.05, 0) is 32.0 Å². The molecule has 1 unspecified atom stereocenters. The number of hydrogen-bond acceptors (Lipinski definition) is 4. The zero-order valence-corrected chi connectivity index (χ0v) is 11.1. The fourth-order valence-electron chi connectivity index (χ4n) is 1.94. The zero-order chi connectivity index (χ0) is 14.7. The van der Waals surface area contributed by atoms with E-state index in [1.165, 1.54) is 12.1 Å². The molecule has 20 heavy (non-hydrogen) atoms. The van der Waals surface area contributed by atoms with E-state index < -0.39 is 11.8 Å². The van der Waals surface area contributed by atoms with Gasteiger partial charge in [-0.15, -0.1) is 0 Å². The molecule has 0 saturated carbocycles. The van der Waals surface area contributed by atoms with Gasteiger partial charge in [-0.3, -0.25) is 9.97 Å². The van der Waals surface area contributed by atoms with Crippen molar-refractivity contribution in [1.82, 2.24) is 9.97 Å². The Hall–Kier alpha value is -2.50. The summed E-state index contributed by atoms with van der Waals surface area (Å²) in [7, 11) is 0. The standard InChI is InChI=1S/C14H14FN3O2/c1-8-13(17-6-5-16-8)9(2)18-10-3-4-12(15)11(7-10)14(19)20/h3-7,9,18H,1-2H3,(H,19,20). The van der Waals surface area contributed by atoms with Crippen LogP contribution in [-0.4, -0.2) is 21.0 Å². The van der Waals surface area contributed by atoms with Crippen molar-refractivity contribution in [3.05, 3.63) is 53.4 Å². The van der Waals surface area contributed by atoms with Gasteiger partial charge in [0.05, 0.1) is 23.0 Å². The zero-order valence-electron chi connectivity index (χ0n) is 11.1. The van der Waals surface area contributed by atoms with E-state index in [0.29, 0.717) is 5.69 Å². The summed E-state index contributed by atoms with van der Waals surface area (Å²) in [6, 6.07) is 3.71. The molecule has 0 saturated heterocycles. The molecular formula is C14H14FN3O2. The van der Waals surface area contributed by atoms with Crippen LogP contribution in [0.4, 0.5) is 10.1 Å². The van der Waals surface area contributed by atoms with Gasteiger partial charge >= 0.3 is 5.97 Å². The van der Waals surface area contributed by atoms with Gasteiger partial charge in [-0.25, -0.2) is 9.18 Å². The largest absolute Gasteiger partial charge is 0.478 e. The first-order valence-electron chi connectivity index (χ1n) is 6.06. The van der Waals surface area contributed by atoms with Crippen molar-refractivity contribution in [2.45, 2.75) is 19.9 Å². The number of hydrogen-bond donors (Lipinski definition) is 2. The number of anilines is 1. The summed E-state index contributed by atoms with van der Waals surface area (Å²) in [6.45, 7) is 3.72. The van der Waals surface area contributed by atoms with E-state index in [1.807, 2.05) is 13.8 Å². The van der Waals surface area contributed by atoms with E-state index >= 15 is 0 Å². The van der Waals surface area contributed by atoms with Crippen molar-refractivity contribution < 1.29 is 14.3 Å². The smallest absolute Gasteiger partial charge is 0.338 e. The van der Waals surface area contributed by atoms with Crippen molar-refractivity contribution in [2.75, 3.05) is 5.32 Å². The Morgan fingerprint density at radius 2 is 2.05 bits per heavy atom. The first kappa shape index (κ1) is 13.9. The summed E-state index contributed by atoms with van der Waals surface area (Å²) in [4.78, 5) is 19.3. The van der Waals surface area contributed by atoms with E-state index in [-0.39, 0.29) is 11.6 Å². The van der Waals surface area contributed by atoms with Crippen LogP contribution in [0, 0.1) is 12.7 Å². The van der Waals surface area contributed by atoms with Crippen LogP contribution in [0.2, 0.25) is 0 Å². The number of nitrogens with one attached hydrogen (secondary N) is 1. The van der Waals surface area contributed by atoms with Gasteiger partial charge in [0.2, 0.25) is 0 Å². The van der Waals surface area contributed by atoms with E-state index in [2.05, 4.69) is 15.3 Å². The van der Waals surface area contributed by atoms with Crippen LogP contribution >= 0.6 is 0 Å². The molecule has 2 N–H and O–H groups in total. The Labute approximate surface area is 115 Å². The molecule has 0 aliphatic heterocycles. The third-order valence-electron chi connectivity index (χ3n) is 2.91. The second-order valence-corrected chi connectivity index (χ2v) is 4.39. The molecule has 0 aliphatic rings. The average Bonchev–Trinajstić information content (AvgIpc) is 2.41. The number of carboxylic acids is 1. The van der Waals surface area contributed by atoms with Gasteiger partial charge in [0.25, 0.3) is 0 Å². The molecule has 0 spiro atoms. The highest BCUT2D eigenvalue weighted by Crippen LogP contribution is 2.21. The second kappa shape index (κ2) is 5.64. The highest BCUT2D eigenvalue weighted by molar-refractivity contribution is 5.89. The van der Waals surface area contributed by atoms with E-state index in [0.717, 1.165) is 17.5 Å². The fourth-order valence-corrected chi connectivity index (χ4v) is 1.94. The van der Waals surface area contributed by atoms with Gasteiger partial charge in [0, 0.05) is 18.1 Å². The Balaban J connectivity index is 2.24. The number of halogens is 1. The highest BCUT2D eigenvalue weighted by Gasteiger charge is 2.14. The maximum absolute atomic E-state index is 13.3. The lowest BCUT2D eigenvalue weighted by molar-refractivity contribution is 0.0692. The topological polar surface area (TPSA) is 75.1 Å². The van der Waals surface area contributed by atoms with Crippen molar-refractivity contribution in [1.29, 1.82) is 0 Å². The van der Waals surface area contributed by atoms with Gasteiger partial charge < -0.3 is 10.4 Å². The van der Waals surface area contributed by atoms with Gasteiger partial charge in [-0.2, -0.15) is 0 Å². The van der Waals surface area contributed by atoms with Gasteiger partial charge in [0.15, 0.2) is 0 Å². The molecule has 1 atom stereocenters. The van der Waals surface area contributed by atoms with Crippen molar-refractivity contribution in [3.8, 4) is 0 Å².